The molecule has 0 radical (unpaired) electrons. The van der Waals surface area contributed by atoms with Gasteiger partial charge in [0.2, 0.25) is 5.91 Å². The first-order chi connectivity index (χ1) is 8.20. The molecule has 1 heterocycles. The fraction of sp³-hybridized carbons (Fsp3) is 0.929. The molecule has 2 aliphatic carbocycles. The van der Waals surface area contributed by atoms with E-state index in [1.807, 2.05) is 0 Å². The van der Waals surface area contributed by atoms with Gasteiger partial charge in [-0.25, -0.2) is 0 Å². The predicted molar refractivity (Wildman–Crippen MR) is 67.5 cm³/mol. The number of carbonyl (C=O) groups is 1. The summed E-state index contributed by atoms with van der Waals surface area (Å²) >= 11 is 0. The molecule has 96 valence electrons. The van der Waals surface area contributed by atoms with Gasteiger partial charge < -0.3 is 10.6 Å². The third kappa shape index (κ3) is 2.22. The monoisotopic (exact) mass is 236 g/mol. The molecule has 0 bridgehead atoms. The van der Waals surface area contributed by atoms with Crippen molar-refractivity contribution >= 4 is 5.91 Å². The molecule has 3 fully saturated rings. The molecule has 3 aliphatic rings. The lowest BCUT2D eigenvalue weighted by Crippen LogP contribution is -2.43. The van der Waals surface area contributed by atoms with E-state index < -0.39 is 0 Å². The van der Waals surface area contributed by atoms with E-state index in [9.17, 15) is 4.79 Å². The average Bonchev–Trinajstić information content (AvgIpc) is 2.81. The van der Waals surface area contributed by atoms with Crippen LogP contribution in [0.2, 0.25) is 0 Å². The molecule has 2 N–H and O–H groups in total. The maximum atomic E-state index is 12.1. The highest BCUT2D eigenvalue weighted by molar-refractivity contribution is 5.82. The highest BCUT2D eigenvalue weighted by atomic mass is 16.2. The molecular formula is C14H24N2O. The molecule has 1 amide bonds. The molecule has 17 heavy (non-hydrogen) atoms. The lowest BCUT2D eigenvalue weighted by molar-refractivity contribution is -0.123. The van der Waals surface area contributed by atoms with Crippen LogP contribution in [0.15, 0.2) is 0 Å². The first-order valence-corrected chi connectivity index (χ1v) is 7.18. The van der Waals surface area contributed by atoms with E-state index in [2.05, 4.69) is 17.6 Å². The number of piperidine rings is 1. The van der Waals surface area contributed by atoms with Crippen LogP contribution in [0.1, 0.15) is 39.0 Å². The Balaban J connectivity index is 1.46. The number of nitrogens with one attached hydrogen (secondary N) is 2. The number of fused-ring (bicyclic) bond motifs is 1. The van der Waals surface area contributed by atoms with Gasteiger partial charge in [0, 0.05) is 12.5 Å². The molecule has 0 spiro atoms. The highest BCUT2D eigenvalue weighted by Crippen LogP contribution is 2.57. The van der Waals surface area contributed by atoms with Gasteiger partial charge in [-0.1, -0.05) is 13.3 Å². The van der Waals surface area contributed by atoms with E-state index >= 15 is 0 Å². The fourth-order valence-corrected chi connectivity index (χ4v) is 3.84. The van der Waals surface area contributed by atoms with Crippen molar-refractivity contribution in [2.45, 2.75) is 39.0 Å². The Kier molecular flexibility index (Phi) is 2.89. The maximum absolute atomic E-state index is 12.1. The third-order valence-corrected chi connectivity index (χ3v) is 5.21. The van der Waals surface area contributed by atoms with Crippen LogP contribution in [0.4, 0.5) is 0 Å². The summed E-state index contributed by atoms with van der Waals surface area (Å²) in [5, 5.41) is 6.60. The zero-order chi connectivity index (χ0) is 11.9. The molecule has 2 saturated carbocycles. The summed E-state index contributed by atoms with van der Waals surface area (Å²) in [6.45, 7) is 5.38. The van der Waals surface area contributed by atoms with E-state index in [4.69, 9.17) is 0 Å². The topological polar surface area (TPSA) is 41.1 Å². The third-order valence-electron chi connectivity index (χ3n) is 5.21. The smallest absolute Gasteiger partial charge is 0.223 e. The lowest BCUT2D eigenvalue weighted by Gasteiger charge is -2.34. The zero-order valence-electron chi connectivity index (χ0n) is 10.8. The molecule has 0 aromatic rings. The van der Waals surface area contributed by atoms with Gasteiger partial charge in [-0.2, -0.15) is 0 Å². The molecular weight excluding hydrogens is 212 g/mol. The number of hydrogen-bond acceptors (Lipinski definition) is 2. The highest BCUT2D eigenvalue weighted by Gasteiger charge is 2.56. The normalized spacial score (nSPS) is 38.5. The molecule has 1 saturated heterocycles. The second-order valence-corrected chi connectivity index (χ2v) is 6.56. The first-order valence-electron chi connectivity index (χ1n) is 7.18. The minimum atomic E-state index is 0.324. The SMILES string of the molecule is CC1(CNC(=O)C2C3CCCC32)CCNCC1. The van der Waals surface area contributed by atoms with Crippen molar-refractivity contribution in [2.24, 2.45) is 23.2 Å². The Morgan fingerprint density at radius 3 is 2.59 bits per heavy atom. The molecule has 2 atom stereocenters. The summed E-state index contributed by atoms with van der Waals surface area (Å²) in [7, 11) is 0. The minimum Gasteiger partial charge on any atom is -0.355 e. The first kappa shape index (κ1) is 11.5. The van der Waals surface area contributed by atoms with Crippen LogP contribution in [0.3, 0.4) is 0 Å². The van der Waals surface area contributed by atoms with Crippen LogP contribution in [0.25, 0.3) is 0 Å². The van der Waals surface area contributed by atoms with E-state index in [1.54, 1.807) is 0 Å². The lowest BCUT2D eigenvalue weighted by atomic mass is 9.81. The maximum Gasteiger partial charge on any atom is 0.223 e. The molecule has 0 aromatic heterocycles. The van der Waals surface area contributed by atoms with Gasteiger partial charge in [-0.3, -0.25) is 4.79 Å². The molecule has 3 heteroatoms. The van der Waals surface area contributed by atoms with Gasteiger partial charge in [-0.05, 0) is 56.0 Å². The summed E-state index contributed by atoms with van der Waals surface area (Å²) in [6.07, 6.45) is 6.31. The van der Waals surface area contributed by atoms with Crippen LogP contribution in [0, 0.1) is 23.2 Å². The van der Waals surface area contributed by atoms with Crippen molar-refractivity contribution in [1.29, 1.82) is 0 Å². The largest absolute Gasteiger partial charge is 0.355 e. The Morgan fingerprint density at radius 2 is 1.94 bits per heavy atom. The molecule has 3 nitrogen and oxygen atoms in total. The Bertz CT molecular complexity index is 299. The van der Waals surface area contributed by atoms with E-state index in [0.29, 0.717) is 17.2 Å². The molecule has 2 unspecified atom stereocenters. The number of carbonyl (C=O) groups excluding carboxylic acids is 1. The molecule has 3 rings (SSSR count). The van der Waals surface area contributed by atoms with Crippen molar-refractivity contribution in [3.05, 3.63) is 0 Å². The van der Waals surface area contributed by atoms with Crippen molar-refractivity contribution in [2.75, 3.05) is 19.6 Å². The van der Waals surface area contributed by atoms with Crippen LogP contribution in [-0.2, 0) is 4.79 Å². The Labute approximate surface area is 104 Å². The summed E-state index contributed by atoms with van der Waals surface area (Å²) in [5.41, 5.74) is 0.324. The summed E-state index contributed by atoms with van der Waals surface area (Å²) < 4.78 is 0. The quantitative estimate of drug-likeness (QED) is 0.780. The van der Waals surface area contributed by atoms with Crippen LogP contribution < -0.4 is 10.6 Å². The van der Waals surface area contributed by atoms with Gasteiger partial charge in [-0.15, -0.1) is 0 Å². The van der Waals surface area contributed by atoms with Crippen LogP contribution >= 0.6 is 0 Å². The van der Waals surface area contributed by atoms with Gasteiger partial charge in [0.25, 0.3) is 0 Å². The second kappa shape index (κ2) is 4.27. The number of rotatable bonds is 3. The number of hydrogen-bond donors (Lipinski definition) is 2. The second-order valence-electron chi connectivity index (χ2n) is 6.56. The van der Waals surface area contributed by atoms with E-state index in [1.165, 1.54) is 32.1 Å². The van der Waals surface area contributed by atoms with Crippen molar-refractivity contribution in [3.8, 4) is 0 Å². The van der Waals surface area contributed by atoms with Crippen LogP contribution in [0.5, 0.6) is 0 Å². The Morgan fingerprint density at radius 1 is 1.29 bits per heavy atom. The van der Waals surface area contributed by atoms with Gasteiger partial charge in [0.05, 0.1) is 0 Å². The van der Waals surface area contributed by atoms with Gasteiger partial charge in [0.1, 0.15) is 0 Å². The zero-order valence-corrected chi connectivity index (χ0v) is 10.8. The van der Waals surface area contributed by atoms with Crippen molar-refractivity contribution in [3.63, 3.8) is 0 Å². The van der Waals surface area contributed by atoms with Crippen LogP contribution in [-0.4, -0.2) is 25.5 Å². The predicted octanol–water partition coefficient (Wildman–Crippen LogP) is 1.54. The van der Waals surface area contributed by atoms with Crippen molar-refractivity contribution in [1.82, 2.24) is 10.6 Å². The summed E-state index contributed by atoms with van der Waals surface area (Å²) in [5.74, 6) is 2.22. The molecule has 0 aromatic carbocycles. The van der Waals surface area contributed by atoms with E-state index in [-0.39, 0.29) is 0 Å². The van der Waals surface area contributed by atoms with Gasteiger partial charge >= 0.3 is 0 Å². The fourth-order valence-electron chi connectivity index (χ4n) is 3.84. The van der Waals surface area contributed by atoms with Crippen molar-refractivity contribution < 1.29 is 4.79 Å². The average molecular weight is 236 g/mol. The number of amides is 1. The molecule has 1 aliphatic heterocycles. The Hall–Kier alpha value is -0.570. The van der Waals surface area contributed by atoms with E-state index in [0.717, 1.165) is 31.5 Å². The standard InChI is InChI=1S/C14H24N2O/c1-14(5-7-15-8-6-14)9-16-13(17)12-10-3-2-4-11(10)12/h10-12,15H,2-9H2,1H3,(H,16,17). The summed E-state index contributed by atoms with van der Waals surface area (Å²) in [4.78, 5) is 12.1. The summed E-state index contributed by atoms with van der Waals surface area (Å²) in [6, 6.07) is 0. The van der Waals surface area contributed by atoms with Gasteiger partial charge in [0.15, 0.2) is 0 Å². The minimum absolute atomic E-state index is 0.324.